The van der Waals surface area contributed by atoms with E-state index >= 15 is 0 Å². The van der Waals surface area contributed by atoms with Gasteiger partial charge in [0.15, 0.2) is 0 Å². The standard InChI is InChI=1S/C13H15N3O2/c17-10-8-13(4-1-2-5-13)9-11(18)16(10)12-14-6-3-7-15-12/h3,6-7H,1-2,4-5,8-9H2. The molecule has 1 aromatic rings. The van der Waals surface area contributed by atoms with Gasteiger partial charge in [-0.1, -0.05) is 12.8 Å². The molecule has 0 N–H and O–H groups in total. The van der Waals surface area contributed by atoms with Crippen LogP contribution in [-0.2, 0) is 9.59 Å². The van der Waals surface area contributed by atoms with E-state index in [0.29, 0.717) is 12.8 Å². The lowest BCUT2D eigenvalue weighted by Crippen LogP contribution is -2.48. The highest BCUT2D eigenvalue weighted by Crippen LogP contribution is 2.47. The Labute approximate surface area is 105 Å². The Morgan fingerprint density at radius 2 is 1.56 bits per heavy atom. The quantitative estimate of drug-likeness (QED) is 0.706. The average molecular weight is 245 g/mol. The van der Waals surface area contributed by atoms with E-state index in [1.54, 1.807) is 18.5 Å². The van der Waals surface area contributed by atoms with Crippen LogP contribution in [-0.4, -0.2) is 21.8 Å². The molecule has 2 heterocycles. The normalized spacial score (nSPS) is 22.8. The molecule has 2 aliphatic rings. The van der Waals surface area contributed by atoms with E-state index in [2.05, 4.69) is 9.97 Å². The lowest BCUT2D eigenvalue weighted by atomic mass is 9.76. The molecule has 1 saturated heterocycles. The second kappa shape index (κ2) is 4.15. The number of hydrogen-bond donors (Lipinski definition) is 0. The second-order valence-electron chi connectivity index (χ2n) is 5.23. The minimum absolute atomic E-state index is 0.0700. The van der Waals surface area contributed by atoms with Crippen molar-refractivity contribution >= 4 is 17.8 Å². The van der Waals surface area contributed by atoms with Crippen molar-refractivity contribution in [1.29, 1.82) is 0 Å². The van der Waals surface area contributed by atoms with Gasteiger partial charge >= 0.3 is 0 Å². The fourth-order valence-corrected chi connectivity index (χ4v) is 3.11. The SMILES string of the molecule is O=C1CC2(CCCC2)CC(=O)N1c1ncccn1. The Hall–Kier alpha value is -1.78. The van der Waals surface area contributed by atoms with Crippen LogP contribution in [0.1, 0.15) is 38.5 Å². The number of rotatable bonds is 1. The number of imide groups is 1. The predicted octanol–water partition coefficient (Wildman–Crippen LogP) is 1.69. The summed E-state index contributed by atoms with van der Waals surface area (Å²) in [6.45, 7) is 0. The Morgan fingerprint density at radius 1 is 1.00 bits per heavy atom. The zero-order chi connectivity index (χ0) is 12.6. The van der Waals surface area contributed by atoms with E-state index in [4.69, 9.17) is 0 Å². The first-order chi connectivity index (χ1) is 8.70. The van der Waals surface area contributed by atoms with Gasteiger partial charge in [-0.05, 0) is 24.3 Å². The maximum absolute atomic E-state index is 12.2. The summed E-state index contributed by atoms with van der Waals surface area (Å²) in [6, 6.07) is 1.67. The maximum atomic E-state index is 12.2. The summed E-state index contributed by atoms with van der Waals surface area (Å²) in [6.07, 6.45) is 8.24. The Balaban J connectivity index is 1.87. The second-order valence-corrected chi connectivity index (χ2v) is 5.23. The van der Waals surface area contributed by atoms with Gasteiger partial charge < -0.3 is 0 Å². The third-order valence-electron chi connectivity index (χ3n) is 3.97. The topological polar surface area (TPSA) is 63.2 Å². The van der Waals surface area contributed by atoms with Crippen molar-refractivity contribution < 1.29 is 9.59 Å². The average Bonchev–Trinajstić information content (AvgIpc) is 2.77. The van der Waals surface area contributed by atoms with Gasteiger partial charge in [-0.2, -0.15) is 0 Å². The van der Waals surface area contributed by atoms with Crippen LogP contribution in [0.5, 0.6) is 0 Å². The van der Waals surface area contributed by atoms with Crippen LogP contribution in [0.25, 0.3) is 0 Å². The highest BCUT2D eigenvalue weighted by molar-refractivity contribution is 6.15. The third kappa shape index (κ3) is 1.79. The van der Waals surface area contributed by atoms with E-state index in [1.807, 2.05) is 0 Å². The van der Waals surface area contributed by atoms with E-state index in [1.165, 1.54) is 0 Å². The minimum Gasteiger partial charge on any atom is -0.274 e. The molecular weight excluding hydrogens is 230 g/mol. The van der Waals surface area contributed by atoms with Crippen LogP contribution in [0.3, 0.4) is 0 Å². The van der Waals surface area contributed by atoms with E-state index in [-0.39, 0.29) is 23.2 Å². The minimum atomic E-state index is -0.153. The molecule has 2 fully saturated rings. The van der Waals surface area contributed by atoms with E-state index in [0.717, 1.165) is 30.6 Å². The van der Waals surface area contributed by atoms with Crippen LogP contribution < -0.4 is 4.90 Å². The van der Waals surface area contributed by atoms with Gasteiger partial charge in [0.1, 0.15) is 0 Å². The number of aromatic nitrogens is 2. The summed E-state index contributed by atoms with van der Waals surface area (Å²) in [5, 5.41) is 0. The van der Waals surface area contributed by atoms with Gasteiger partial charge in [0.05, 0.1) is 0 Å². The zero-order valence-corrected chi connectivity index (χ0v) is 10.1. The number of carbonyl (C=O) groups excluding carboxylic acids is 2. The highest BCUT2D eigenvalue weighted by Gasteiger charge is 2.46. The Bertz CT molecular complexity index is 460. The predicted molar refractivity (Wildman–Crippen MR) is 64.7 cm³/mol. The zero-order valence-electron chi connectivity index (χ0n) is 10.1. The van der Waals surface area contributed by atoms with Crippen LogP contribution in [0.4, 0.5) is 5.95 Å². The number of amides is 2. The molecular formula is C13H15N3O2. The molecule has 1 saturated carbocycles. The monoisotopic (exact) mass is 245 g/mol. The lowest BCUT2D eigenvalue weighted by Gasteiger charge is -2.36. The van der Waals surface area contributed by atoms with Crippen molar-refractivity contribution in [2.75, 3.05) is 4.90 Å². The van der Waals surface area contributed by atoms with Crippen molar-refractivity contribution in [2.45, 2.75) is 38.5 Å². The summed E-state index contributed by atoms with van der Waals surface area (Å²) >= 11 is 0. The van der Waals surface area contributed by atoms with Crippen LogP contribution in [0.15, 0.2) is 18.5 Å². The van der Waals surface area contributed by atoms with Gasteiger partial charge in [-0.15, -0.1) is 0 Å². The van der Waals surface area contributed by atoms with Crippen molar-refractivity contribution in [1.82, 2.24) is 9.97 Å². The van der Waals surface area contributed by atoms with E-state index < -0.39 is 0 Å². The molecule has 1 aliphatic carbocycles. The van der Waals surface area contributed by atoms with Crippen molar-refractivity contribution in [2.24, 2.45) is 5.41 Å². The molecule has 0 unspecified atom stereocenters. The van der Waals surface area contributed by atoms with Crippen LogP contribution in [0, 0.1) is 5.41 Å². The molecule has 0 atom stereocenters. The summed E-state index contributed by atoms with van der Waals surface area (Å²) < 4.78 is 0. The Morgan fingerprint density at radius 3 is 2.11 bits per heavy atom. The fraction of sp³-hybridized carbons (Fsp3) is 0.538. The molecule has 1 aliphatic heterocycles. The molecule has 0 aromatic carbocycles. The lowest BCUT2D eigenvalue weighted by molar-refractivity contribution is -0.133. The molecule has 1 aromatic heterocycles. The molecule has 5 heteroatoms. The van der Waals surface area contributed by atoms with Gasteiger partial charge in [0.25, 0.3) is 0 Å². The van der Waals surface area contributed by atoms with Gasteiger partial charge in [-0.3, -0.25) is 9.59 Å². The van der Waals surface area contributed by atoms with Gasteiger partial charge in [-0.25, -0.2) is 14.9 Å². The largest absolute Gasteiger partial charge is 0.274 e. The first-order valence-corrected chi connectivity index (χ1v) is 6.33. The number of anilines is 1. The highest BCUT2D eigenvalue weighted by atomic mass is 16.2. The van der Waals surface area contributed by atoms with Crippen molar-refractivity contribution in [3.05, 3.63) is 18.5 Å². The summed E-state index contributed by atoms with van der Waals surface area (Å²) in [5.41, 5.74) is -0.0700. The number of piperidine rings is 1. The van der Waals surface area contributed by atoms with Crippen molar-refractivity contribution in [3.8, 4) is 0 Å². The first-order valence-electron chi connectivity index (χ1n) is 6.33. The molecule has 0 radical (unpaired) electrons. The van der Waals surface area contributed by atoms with Gasteiger partial charge in [0, 0.05) is 25.2 Å². The van der Waals surface area contributed by atoms with E-state index in [9.17, 15) is 9.59 Å². The molecule has 2 amide bonds. The maximum Gasteiger partial charge on any atom is 0.239 e. The van der Waals surface area contributed by atoms with Crippen LogP contribution >= 0.6 is 0 Å². The summed E-state index contributed by atoms with van der Waals surface area (Å²) in [7, 11) is 0. The molecule has 0 bridgehead atoms. The fourth-order valence-electron chi connectivity index (χ4n) is 3.11. The molecule has 5 nitrogen and oxygen atoms in total. The molecule has 94 valence electrons. The van der Waals surface area contributed by atoms with Gasteiger partial charge in [0.2, 0.25) is 17.8 Å². The van der Waals surface area contributed by atoms with Crippen molar-refractivity contribution in [3.63, 3.8) is 0 Å². The number of carbonyl (C=O) groups is 2. The first kappa shape index (κ1) is 11.3. The summed E-state index contributed by atoms with van der Waals surface area (Å²) in [4.78, 5) is 33.5. The third-order valence-corrected chi connectivity index (χ3v) is 3.97. The number of hydrogen-bond acceptors (Lipinski definition) is 4. The Kier molecular flexibility index (Phi) is 2.61. The van der Waals surface area contributed by atoms with Crippen LogP contribution in [0.2, 0.25) is 0 Å². The smallest absolute Gasteiger partial charge is 0.239 e. The molecule has 1 spiro atoms. The molecule has 18 heavy (non-hydrogen) atoms. The summed E-state index contributed by atoms with van der Waals surface area (Å²) in [5.74, 6) is -0.0981. The molecule has 3 rings (SSSR count). The number of nitrogens with zero attached hydrogens (tertiary/aromatic N) is 3.